The van der Waals surface area contributed by atoms with Crippen molar-refractivity contribution in [1.29, 1.82) is 0 Å². The maximum absolute atomic E-state index is 12.6. The second kappa shape index (κ2) is 8.08. The van der Waals surface area contributed by atoms with Crippen LogP contribution in [0.3, 0.4) is 0 Å². The van der Waals surface area contributed by atoms with Crippen molar-refractivity contribution in [2.75, 3.05) is 13.7 Å². The minimum absolute atomic E-state index is 0.0302. The van der Waals surface area contributed by atoms with Gasteiger partial charge in [-0.2, -0.15) is 0 Å². The summed E-state index contributed by atoms with van der Waals surface area (Å²) in [6, 6.07) is 13.7. The number of rotatable bonds is 6. The predicted molar refractivity (Wildman–Crippen MR) is 102 cm³/mol. The quantitative estimate of drug-likeness (QED) is 0.545. The Labute approximate surface area is 166 Å². The smallest absolute Gasteiger partial charge is 0.284 e. The van der Waals surface area contributed by atoms with E-state index in [1.165, 1.54) is 0 Å². The van der Waals surface area contributed by atoms with Crippen molar-refractivity contribution in [3.63, 3.8) is 0 Å². The first-order valence-electron chi connectivity index (χ1n) is 8.21. The fraction of sp³-hybridized carbons (Fsp3) is 0.211. The van der Waals surface area contributed by atoms with Crippen molar-refractivity contribution < 1.29 is 14.4 Å². The van der Waals surface area contributed by atoms with Crippen molar-refractivity contribution in [1.82, 2.24) is 14.7 Å². The number of carbonyl (C=O) groups is 3. The largest absolute Gasteiger partial charge is 0.335 e. The number of urea groups is 1. The van der Waals surface area contributed by atoms with Gasteiger partial charge < -0.3 is 0 Å². The van der Waals surface area contributed by atoms with Crippen molar-refractivity contribution in [3.8, 4) is 0 Å². The Morgan fingerprint density at radius 1 is 0.889 bits per heavy atom. The summed E-state index contributed by atoms with van der Waals surface area (Å²) in [5.41, 5.74) is 1.53. The van der Waals surface area contributed by atoms with Crippen LogP contribution in [0.15, 0.2) is 48.5 Å². The number of halogens is 2. The molecule has 0 N–H and O–H groups in total. The van der Waals surface area contributed by atoms with Crippen LogP contribution in [-0.2, 0) is 22.7 Å². The minimum Gasteiger partial charge on any atom is -0.284 e. The van der Waals surface area contributed by atoms with Crippen LogP contribution in [0.25, 0.3) is 0 Å². The molecule has 8 heteroatoms. The van der Waals surface area contributed by atoms with Gasteiger partial charge >= 0.3 is 17.8 Å². The van der Waals surface area contributed by atoms with Gasteiger partial charge in [0.1, 0.15) is 0 Å². The number of amides is 4. The van der Waals surface area contributed by atoms with Crippen LogP contribution in [-0.4, -0.2) is 46.3 Å². The van der Waals surface area contributed by atoms with Crippen molar-refractivity contribution in [3.05, 3.63) is 69.7 Å². The number of benzene rings is 2. The Bertz CT molecular complexity index is 889. The third kappa shape index (κ3) is 4.13. The molecule has 27 heavy (non-hydrogen) atoms. The first-order chi connectivity index (χ1) is 12.9. The maximum atomic E-state index is 12.6. The predicted octanol–water partition coefficient (Wildman–Crippen LogP) is 3.37. The molecule has 1 aliphatic heterocycles. The summed E-state index contributed by atoms with van der Waals surface area (Å²) in [5.74, 6) is -1.65. The molecule has 0 atom stereocenters. The highest BCUT2D eigenvalue weighted by Crippen LogP contribution is 2.26. The topological polar surface area (TPSA) is 60.9 Å². The number of carbonyl (C=O) groups excluding carboxylic acids is 3. The Morgan fingerprint density at radius 3 is 2.26 bits per heavy atom. The van der Waals surface area contributed by atoms with E-state index in [2.05, 4.69) is 0 Å². The van der Waals surface area contributed by atoms with E-state index < -0.39 is 17.8 Å². The van der Waals surface area contributed by atoms with Gasteiger partial charge in [-0.25, -0.2) is 9.69 Å². The lowest BCUT2D eigenvalue weighted by molar-refractivity contribution is -0.144. The summed E-state index contributed by atoms with van der Waals surface area (Å²) in [4.78, 5) is 40.7. The second-order valence-corrected chi connectivity index (χ2v) is 7.05. The lowest BCUT2D eigenvalue weighted by Gasteiger charge is -2.23. The first-order valence-corrected chi connectivity index (χ1v) is 8.96. The van der Waals surface area contributed by atoms with Crippen molar-refractivity contribution >= 4 is 41.0 Å². The highest BCUT2D eigenvalue weighted by Gasteiger charge is 2.44. The van der Waals surface area contributed by atoms with E-state index in [0.717, 1.165) is 20.9 Å². The summed E-state index contributed by atoms with van der Waals surface area (Å²) in [7, 11) is 1.72. The first kappa shape index (κ1) is 19.4. The van der Waals surface area contributed by atoms with E-state index in [4.69, 9.17) is 23.2 Å². The Hall–Kier alpha value is -2.41. The van der Waals surface area contributed by atoms with E-state index in [1.807, 2.05) is 24.3 Å². The molecule has 0 aromatic heterocycles. The summed E-state index contributed by atoms with van der Waals surface area (Å²) in [6.45, 7) is 0.394. The van der Waals surface area contributed by atoms with Crippen LogP contribution in [0.1, 0.15) is 11.1 Å². The van der Waals surface area contributed by atoms with E-state index in [0.29, 0.717) is 16.6 Å². The molecule has 4 amide bonds. The molecule has 0 radical (unpaired) electrons. The van der Waals surface area contributed by atoms with Crippen LogP contribution in [0.4, 0.5) is 4.79 Å². The molecule has 6 nitrogen and oxygen atoms in total. The average Bonchev–Trinajstić information content (AvgIpc) is 2.84. The molecule has 1 saturated heterocycles. The zero-order chi connectivity index (χ0) is 19.6. The van der Waals surface area contributed by atoms with Gasteiger partial charge in [-0.3, -0.25) is 19.4 Å². The molecule has 0 aliphatic carbocycles. The number of imide groups is 2. The van der Waals surface area contributed by atoms with Crippen molar-refractivity contribution in [2.45, 2.75) is 13.1 Å². The zero-order valence-electron chi connectivity index (χ0n) is 14.6. The molecule has 0 spiro atoms. The standard InChI is InChI=1S/C19H17Cl2N3O3/c1-22(11-14-8-5-9-15(20)16(14)21)12-24-18(26)17(25)23(19(24)27)10-13-6-3-2-4-7-13/h2-9H,10-12H2,1H3. The summed E-state index contributed by atoms with van der Waals surface area (Å²) in [6.07, 6.45) is 0. The molecule has 2 aromatic carbocycles. The maximum Gasteiger partial charge on any atom is 0.335 e. The molecule has 1 heterocycles. The van der Waals surface area contributed by atoms with E-state index in [9.17, 15) is 14.4 Å². The molecule has 2 aromatic rings. The number of hydrogen-bond donors (Lipinski definition) is 0. The van der Waals surface area contributed by atoms with Crippen LogP contribution in [0, 0.1) is 0 Å². The van der Waals surface area contributed by atoms with Gasteiger partial charge in [0.2, 0.25) is 0 Å². The van der Waals surface area contributed by atoms with E-state index in [-0.39, 0.29) is 13.2 Å². The lowest BCUT2D eigenvalue weighted by Crippen LogP contribution is -2.40. The molecule has 0 unspecified atom stereocenters. The van der Waals surface area contributed by atoms with E-state index in [1.54, 1.807) is 36.2 Å². The Balaban J connectivity index is 1.69. The fourth-order valence-electron chi connectivity index (χ4n) is 2.83. The van der Waals surface area contributed by atoms with Gasteiger partial charge in [0.05, 0.1) is 23.3 Å². The molecule has 140 valence electrons. The Morgan fingerprint density at radius 2 is 1.56 bits per heavy atom. The molecular weight excluding hydrogens is 389 g/mol. The zero-order valence-corrected chi connectivity index (χ0v) is 16.1. The summed E-state index contributed by atoms with van der Waals surface area (Å²) in [5, 5.41) is 0.854. The number of nitrogens with zero attached hydrogens (tertiary/aromatic N) is 3. The lowest BCUT2D eigenvalue weighted by atomic mass is 10.2. The monoisotopic (exact) mass is 405 g/mol. The van der Waals surface area contributed by atoms with Crippen LogP contribution in [0.5, 0.6) is 0 Å². The highest BCUT2D eigenvalue weighted by atomic mass is 35.5. The van der Waals surface area contributed by atoms with Gasteiger partial charge in [-0.05, 0) is 24.2 Å². The van der Waals surface area contributed by atoms with Crippen LogP contribution < -0.4 is 0 Å². The average molecular weight is 406 g/mol. The van der Waals surface area contributed by atoms with E-state index >= 15 is 0 Å². The SMILES string of the molecule is CN(Cc1cccc(Cl)c1Cl)CN1C(=O)C(=O)N(Cc2ccccc2)C1=O. The summed E-state index contributed by atoms with van der Waals surface area (Å²) < 4.78 is 0. The summed E-state index contributed by atoms with van der Waals surface area (Å²) >= 11 is 12.2. The molecule has 1 fully saturated rings. The molecule has 3 rings (SSSR count). The van der Waals surface area contributed by atoms with Crippen molar-refractivity contribution in [2.24, 2.45) is 0 Å². The molecule has 0 bridgehead atoms. The van der Waals surface area contributed by atoms with Gasteiger partial charge in [0.15, 0.2) is 0 Å². The minimum atomic E-state index is -0.833. The number of hydrogen-bond acceptors (Lipinski definition) is 4. The second-order valence-electron chi connectivity index (χ2n) is 6.26. The third-order valence-corrected chi connectivity index (χ3v) is 5.03. The van der Waals surface area contributed by atoms with Gasteiger partial charge in [0, 0.05) is 6.54 Å². The van der Waals surface area contributed by atoms with Crippen LogP contribution >= 0.6 is 23.2 Å². The normalized spacial score (nSPS) is 14.6. The highest BCUT2D eigenvalue weighted by molar-refractivity contribution is 6.44. The van der Waals surface area contributed by atoms with Gasteiger partial charge in [-0.1, -0.05) is 65.7 Å². The molecule has 1 aliphatic rings. The third-order valence-electron chi connectivity index (χ3n) is 4.17. The molecular formula is C19H17Cl2N3O3. The van der Waals surface area contributed by atoms with Gasteiger partial charge in [0.25, 0.3) is 0 Å². The van der Waals surface area contributed by atoms with Gasteiger partial charge in [-0.15, -0.1) is 0 Å². The fourth-order valence-corrected chi connectivity index (χ4v) is 3.21. The van der Waals surface area contributed by atoms with Crippen LogP contribution in [0.2, 0.25) is 10.0 Å². The Kier molecular flexibility index (Phi) is 5.79. The molecule has 0 saturated carbocycles.